The van der Waals surface area contributed by atoms with E-state index in [1.54, 1.807) is 0 Å². The van der Waals surface area contributed by atoms with E-state index in [9.17, 15) is 27.6 Å². The molecule has 1 heterocycles. The maximum Gasteiger partial charge on any atom is 0.491 e. The molecule has 7 nitrogen and oxygen atoms in total. The van der Waals surface area contributed by atoms with Crippen molar-refractivity contribution in [1.29, 1.82) is 0 Å². The monoisotopic (exact) mass is 306 g/mol. The smallest absolute Gasteiger partial charge is 0.386 e. The van der Waals surface area contributed by atoms with Crippen LogP contribution in [0.5, 0.6) is 0 Å². The summed E-state index contributed by atoms with van der Waals surface area (Å²) in [5, 5.41) is 6.17. The zero-order valence-electron chi connectivity index (χ0n) is 10.8. The molecule has 1 amide bonds. The molecule has 0 saturated heterocycles. The van der Waals surface area contributed by atoms with Crippen molar-refractivity contribution in [2.75, 3.05) is 7.05 Å². The molecular formula is C11H11F3N3O4+. The Hall–Kier alpha value is -2.52. The Kier molecular flexibility index (Phi) is 5.33. The number of aromatic nitrogens is 2. The van der Waals surface area contributed by atoms with Crippen LogP contribution in [0.1, 0.15) is 16.8 Å². The van der Waals surface area contributed by atoms with Gasteiger partial charge in [0.2, 0.25) is 0 Å². The van der Waals surface area contributed by atoms with Gasteiger partial charge in [0.05, 0.1) is 5.56 Å². The molecule has 1 rings (SSSR count). The molecule has 0 saturated carbocycles. The average molecular weight is 306 g/mol. The molecule has 10 heteroatoms. The van der Waals surface area contributed by atoms with Crippen molar-refractivity contribution in [2.45, 2.75) is 19.1 Å². The number of rotatable bonds is 4. The zero-order valence-corrected chi connectivity index (χ0v) is 10.8. The lowest BCUT2D eigenvalue weighted by Crippen LogP contribution is -2.39. The van der Waals surface area contributed by atoms with Gasteiger partial charge >= 0.3 is 18.1 Å². The molecule has 0 bridgehead atoms. The number of nitrogens with one attached hydrogen (secondary N) is 1. The minimum Gasteiger partial charge on any atom is -0.386 e. The fraction of sp³-hybridized carbons (Fsp3) is 0.364. The van der Waals surface area contributed by atoms with Crippen molar-refractivity contribution >= 4 is 17.8 Å². The fourth-order valence-corrected chi connectivity index (χ4v) is 1.21. The van der Waals surface area contributed by atoms with Gasteiger partial charge in [-0.05, 0) is 5.10 Å². The lowest BCUT2D eigenvalue weighted by molar-refractivity contribution is -0.753. The second-order valence-corrected chi connectivity index (χ2v) is 3.77. The highest BCUT2D eigenvalue weighted by Crippen LogP contribution is 2.16. The summed E-state index contributed by atoms with van der Waals surface area (Å²) in [6, 6.07) is 1.41. The van der Waals surface area contributed by atoms with Gasteiger partial charge < -0.3 is 10.1 Å². The minimum atomic E-state index is -5.21. The number of aryl methyl sites for hydroxylation is 1. The first-order valence-electron chi connectivity index (χ1n) is 5.63. The summed E-state index contributed by atoms with van der Waals surface area (Å²) in [5.74, 6) is -4.23. The van der Waals surface area contributed by atoms with E-state index in [0.717, 1.165) is 0 Å². The molecule has 1 aromatic heterocycles. The summed E-state index contributed by atoms with van der Waals surface area (Å²) < 4.78 is 40.4. The molecule has 0 aliphatic heterocycles. The van der Waals surface area contributed by atoms with Gasteiger partial charge in [0.1, 0.15) is 12.6 Å². The van der Waals surface area contributed by atoms with Crippen molar-refractivity contribution in [3.8, 4) is 0 Å². The molecule has 0 aliphatic rings. The number of alkyl halides is 3. The Morgan fingerprint density at radius 3 is 2.52 bits per heavy atom. The van der Waals surface area contributed by atoms with Gasteiger partial charge in [-0.3, -0.25) is 9.59 Å². The molecule has 1 N–H and O–H groups in total. The molecule has 0 atom stereocenters. The molecule has 114 valence electrons. The number of amides is 1. The normalized spacial score (nSPS) is 10.9. The second-order valence-electron chi connectivity index (χ2n) is 3.77. The Bertz CT molecular complexity index is 543. The number of carbonyl (C=O) groups excluding carboxylic acids is 3. The van der Waals surface area contributed by atoms with Crippen molar-refractivity contribution in [3.63, 3.8) is 0 Å². The van der Waals surface area contributed by atoms with Gasteiger partial charge in [-0.25, -0.2) is 4.79 Å². The van der Waals surface area contributed by atoms with Crippen LogP contribution in [-0.4, -0.2) is 36.2 Å². The lowest BCUT2D eigenvalue weighted by atomic mass is 10.3. The lowest BCUT2D eigenvalue weighted by Gasteiger charge is -2.04. The SMILES string of the molecule is CNC(=O)c1cc[n+](CCC(=O)OC(=O)C(F)(F)F)nc1. The third-order valence-corrected chi connectivity index (χ3v) is 2.24. The van der Waals surface area contributed by atoms with Gasteiger partial charge in [0, 0.05) is 13.1 Å². The maximum atomic E-state index is 11.8. The van der Waals surface area contributed by atoms with Gasteiger partial charge in [0.25, 0.3) is 5.91 Å². The van der Waals surface area contributed by atoms with Crippen molar-refractivity contribution in [3.05, 3.63) is 24.0 Å². The Morgan fingerprint density at radius 2 is 2.05 bits per heavy atom. The summed E-state index contributed by atoms with van der Waals surface area (Å²) in [7, 11) is 1.44. The van der Waals surface area contributed by atoms with E-state index in [0.29, 0.717) is 0 Å². The summed E-state index contributed by atoms with van der Waals surface area (Å²) in [4.78, 5) is 32.7. The van der Waals surface area contributed by atoms with Crippen molar-refractivity contribution in [1.82, 2.24) is 10.4 Å². The van der Waals surface area contributed by atoms with Gasteiger partial charge in [-0.15, -0.1) is 0 Å². The predicted octanol–water partition coefficient (Wildman–Crippen LogP) is -0.249. The largest absolute Gasteiger partial charge is 0.491 e. The summed E-state index contributed by atoms with van der Waals surface area (Å²) in [6.45, 7) is -0.0992. The highest BCUT2D eigenvalue weighted by molar-refractivity contribution is 5.93. The number of hydrogen-bond acceptors (Lipinski definition) is 5. The Balaban J connectivity index is 2.50. The fourth-order valence-electron chi connectivity index (χ4n) is 1.21. The van der Waals surface area contributed by atoms with E-state index in [1.807, 2.05) is 0 Å². The molecule has 0 fully saturated rings. The van der Waals surface area contributed by atoms with Crippen LogP contribution < -0.4 is 10.00 Å². The number of esters is 2. The van der Waals surface area contributed by atoms with E-state index >= 15 is 0 Å². The molecule has 0 radical (unpaired) electrons. The van der Waals surface area contributed by atoms with Crippen LogP contribution in [0.25, 0.3) is 0 Å². The number of nitrogens with zero attached hydrogens (tertiary/aromatic N) is 2. The number of halogens is 3. The van der Waals surface area contributed by atoms with Crippen LogP contribution in [0.2, 0.25) is 0 Å². The molecule has 0 aliphatic carbocycles. The molecule has 0 spiro atoms. The molecule has 21 heavy (non-hydrogen) atoms. The topological polar surface area (TPSA) is 89.2 Å². The number of carbonyl (C=O) groups is 3. The first-order valence-corrected chi connectivity index (χ1v) is 5.63. The van der Waals surface area contributed by atoms with Crippen LogP contribution in [0.3, 0.4) is 0 Å². The first-order chi connectivity index (χ1) is 9.74. The molecule has 1 aromatic rings. The van der Waals surface area contributed by atoms with Crippen molar-refractivity contribution in [2.24, 2.45) is 0 Å². The van der Waals surface area contributed by atoms with Gasteiger partial charge in [-0.2, -0.15) is 13.2 Å². The molecule has 0 unspecified atom stereocenters. The third kappa shape index (κ3) is 5.16. The van der Waals surface area contributed by atoms with Crippen LogP contribution >= 0.6 is 0 Å². The Labute approximate surface area is 116 Å². The van der Waals surface area contributed by atoms with Crippen LogP contribution in [0, 0.1) is 0 Å². The number of ether oxygens (including phenoxy) is 1. The molecule has 0 aromatic carbocycles. The highest BCUT2D eigenvalue weighted by atomic mass is 19.4. The summed E-state index contributed by atoms with van der Waals surface area (Å²) in [5.41, 5.74) is 0.281. The average Bonchev–Trinajstić information content (AvgIpc) is 2.43. The predicted molar refractivity (Wildman–Crippen MR) is 59.6 cm³/mol. The second kappa shape index (κ2) is 6.77. The van der Waals surface area contributed by atoms with Gasteiger partial charge in [-0.1, -0.05) is 4.68 Å². The van der Waals surface area contributed by atoms with E-state index in [-0.39, 0.29) is 18.0 Å². The first kappa shape index (κ1) is 16.5. The third-order valence-electron chi connectivity index (χ3n) is 2.24. The van der Waals surface area contributed by atoms with E-state index in [4.69, 9.17) is 0 Å². The highest BCUT2D eigenvalue weighted by Gasteiger charge is 2.42. The summed E-state index contributed by atoms with van der Waals surface area (Å²) in [6.07, 6.45) is -3.09. The van der Waals surface area contributed by atoms with Crippen LogP contribution in [0.15, 0.2) is 18.5 Å². The van der Waals surface area contributed by atoms with Crippen molar-refractivity contribution < 1.29 is 37.0 Å². The van der Waals surface area contributed by atoms with Crippen LogP contribution in [0.4, 0.5) is 13.2 Å². The minimum absolute atomic E-state index is 0.0992. The maximum absolute atomic E-state index is 11.8. The standard InChI is InChI=1S/C11H10F3N3O4/c1-15-9(19)7-2-4-17(16-6-7)5-3-8(18)21-10(20)11(12,13)14/h2,4,6H,3,5H2,1H3/p+1. The summed E-state index contributed by atoms with van der Waals surface area (Å²) >= 11 is 0. The van der Waals surface area contributed by atoms with E-state index < -0.39 is 24.5 Å². The van der Waals surface area contributed by atoms with E-state index in [1.165, 1.54) is 30.2 Å². The van der Waals surface area contributed by atoms with Crippen LogP contribution in [-0.2, 0) is 20.9 Å². The van der Waals surface area contributed by atoms with E-state index in [2.05, 4.69) is 15.2 Å². The molecular weight excluding hydrogens is 295 g/mol. The number of hydrogen-bond donors (Lipinski definition) is 1. The quantitative estimate of drug-likeness (QED) is 0.471. The Morgan fingerprint density at radius 1 is 1.38 bits per heavy atom. The van der Waals surface area contributed by atoms with Gasteiger partial charge in [0.15, 0.2) is 12.7 Å². The zero-order chi connectivity index (χ0) is 16.0.